The Morgan fingerprint density at radius 3 is 2.77 bits per heavy atom. The van der Waals surface area contributed by atoms with Gasteiger partial charge in [-0.25, -0.2) is 0 Å². The van der Waals surface area contributed by atoms with E-state index in [1.54, 1.807) is 0 Å². The van der Waals surface area contributed by atoms with Crippen LogP contribution in [0.5, 0.6) is 0 Å². The number of hydrogen-bond donors (Lipinski definition) is 1. The lowest BCUT2D eigenvalue weighted by Gasteiger charge is -2.39. The van der Waals surface area contributed by atoms with Crippen molar-refractivity contribution in [3.05, 3.63) is 58.3 Å². The number of amides is 1. The van der Waals surface area contributed by atoms with Crippen molar-refractivity contribution in [1.29, 1.82) is 0 Å². The van der Waals surface area contributed by atoms with Crippen LogP contribution < -0.4 is 5.32 Å². The molecule has 3 nitrogen and oxygen atoms in total. The highest BCUT2D eigenvalue weighted by Crippen LogP contribution is 2.36. The third-order valence-corrected chi connectivity index (χ3v) is 6.16. The molecule has 2 heterocycles. The van der Waals surface area contributed by atoms with Gasteiger partial charge in [-0.1, -0.05) is 36.4 Å². The largest absolute Gasteiger partial charge is 0.376 e. The zero-order valence-electron chi connectivity index (χ0n) is 15.7. The summed E-state index contributed by atoms with van der Waals surface area (Å²) in [5.41, 5.74) is 1.34. The first-order chi connectivity index (χ1) is 12.5. The fraction of sp³-hybridized carbons (Fsp3) is 0.500. The second-order valence-corrected chi connectivity index (χ2v) is 8.78. The minimum absolute atomic E-state index is 0.0436. The number of rotatable bonds is 7. The van der Waals surface area contributed by atoms with E-state index in [2.05, 4.69) is 49.5 Å². The molecule has 2 unspecified atom stereocenters. The summed E-state index contributed by atoms with van der Waals surface area (Å²) in [6.45, 7) is 5.95. The Morgan fingerprint density at radius 2 is 2.08 bits per heavy atom. The van der Waals surface area contributed by atoms with Crippen LogP contribution in [-0.2, 0) is 11.2 Å². The first-order valence-corrected chi connectivity index (χ1v) is 10.4. The standard InChI is InChI=1S/C22H29NO2S/c1-22(2)16-19(11-13-25-22)18(15-17-7-4-3-5-8-17)10-12-23-21(24)20-9-6-14-26-20/h3-9,14,18-19H,10-13,15-16H2,1-2H3,(H,23,24). The maximum atomic E-state index is 12.2. The molecule has 1 N–H and O–H groups in total. The highest BCUT2D eigenvalue weighted by molar-refractivity contribution is 7.12. The fourth-order valence-electron chi connectivity index (χ4n) is 3.97. The molecule has 4 heteroatoms. The molecule has 0 bridgehead atoms. The molecule has 1 fully saturated rings. The van der Waals surface area contributed by atoms with Gasteiger partial charge in [0.25, 0.3) is 5.91 Å². The second-order valence-electron chi connectivity index (χ2n) is 7.83. The number of carbonyl (C=O) groups is 1. The molecule has 1 aromatic heterocycles. The van der Waals surface area contributed by atoms with Crippen LogP contribution in [0.25, 0.3) is 0 Å². The molecule has 1 aromatic carbocycles. The van der Waals surface area contributed by atoms with E-state index in [9.17, 15) is 4.79 Å². The maximum absolute atomic E-state index is 12.2. The molecule has 2 aromatic rings. The Morgan fingerprint density at radius 1 is 1.27 bits per heavy atom. The second kappa shape index (κ2) is 8.83. The van der Waals surface area contributed by atoms with Crippen LogP contribution >= 0.6 is 11.3 Å². The van der Waals surface area contributed by atoms with Crippen LogP contribution in [0.1, 0.15) is 48.3 Å². The predicted molar refractivity (Wildman–Crippen MR) is 108 cm³/mol. The summed E-state index contributed by atoms with van der Waals surface area (Å²) < 4.78 is 5.92. The van der Waals surface area contributed by atoms with Gasteiger partial charge in [-0.15, -0.1) is 11.3 Å². The number of thiophene rings is 1. The Bertz CT molecular complexity index is 681. The number of carbonyl (C=O) groups excluding carboxylic acids is 1. The summed E-state index contributed by atoms with van der Waals surface area (Å²) >= 11 is 1.49. The molecule has 1 amide bonds. The highest BCUT2D eigenvalue weighted by Gasteiger charge is 2.33. The van der Waals surface area contributed by atoms with Crippen LogP contribution in [-0.4, -0.2) is 24.7 Å². The normalized spacial score (nSPS) is 20.5. The van der Waals surface area contributed by atoms with Crippen molar-refractivity contribution in [2.24, 2.45) is 11.8 Å². The van der Waals surface area contributed by atoms with Gasteiger partial charge in [-0.05, 0) is 68.4 Å². The Hall–Kier alpha value is -1.65. The summed E-state index contributed by atoms with van der Waals surface area (Å²) in [5.74, 6) is 1.24. The average molecular weight is 372 g/mol. The molecule has 1 saturated heterocycles. The van der Waals surface area contributed by atoms with Gasteiger partial charge in [0, 0.05) is 13.2 Å². The van der Waals surface area contributed by atoms with Gasteiger partial charge in [0.05, 0.1) is 10.5 Å². The van der Waals surface area contributed by atoms with E-state index >= 15 is 0 Å². The van der Waals surface area contributed by atoms with Crippen molar-refractivity contribution in [1.82, 2.24) is 5.32 Å². The van der Waals surface area contributed by atoms with E-state index in [0.717, 1.165) is 43.7 Å². The van der Waals surface area contributed by atoms with Gasteiger partial charge < -0.3 is 10.1 Å². The molecular weight excluding hydrogens is 342 g/mol. The van der Waals surface area contributed by atoms with Crippen LogP contribution in [0.15, 0.2) is 47.8 Å². The minimum atomic E-state index is -0.0436. The van der Waals surface area contributed by atoms with E-state index in [0.29, 0.717) is 11.8 Å². The Labute approximate surface area is 160 Å². The third kappa shape index (κ3) is 5.42. The molecule has 3 rings (SSSR count). The zero-order chi connectivity index (χ0) is 18.4. The van der Waals surface area contributed by atoms with Crippen molar-refractivity contribution in [3.8, 4) is 0 Å². The summed E-state index contributed by atoms with van der Waals surface area (Å²) in [5, 5.41) is 5.04. The fourth-order valence-corrected chi connectivity index (χ4v) is 4.61. The number of hydrogen-bond acceptors (Lipinski definition) is 3. The third-order valence-electron chi connectivity index (χ3n) is 5.29. The van der Waals surface area contributed by atoms with Gasteiger partial charge in [0.1, 0.15) is 0 Å². The summed E-state index contributed by atoms with van der Waals surface area (Å²) in [6.07, 6.45) is 4.27. The molecular formula is C22H29NO2S. The molecule has 2 atom stereocenters. The van der Waals surface area contributed by atoms with Gasteiger partial charge in [-0.3, -0.25) is 4.79 Å². The first-order valence-electron chi connectivity index (χ1n) is 9.53. The SMILES string of the molecule is CC1(C)CC(C(CCNC(=O)c2cccs2)Cc2ccccc2)CCO1. The van der Waals surface area contributed by atoms with Crippen LogP contribution in [0.2, 0.25) is 0 Å². The van der Waals surface area contributed by atoms with Crippen molar-refractivity contribution >= 4 is 17.2 Å². The van der Waals surface area contributed by atoms with Crippen LogP contribution in [0, 0.1) is 11.8 Å². The summed E-state index contributed by atoms with van der Waals surface area (Å²) in [7, 11) is 0. The molecule has 26 heavy (non-hydrogen) atoms. The lowest BCUT2D eigenvalue weighted by atomic mass is 9.75. The topological polar surface area (TPSA) is 38.3 Å². The monoisotopic (exact) mass is 371 g/mol. The van der Waals surface area contributed by atoms with Crippen molar-refractivity contribution in [2.45, 2.75) is 45.1 Å². The molecule has 0 saturated carbocycles. The minimum Gasteiger partial charge on any atom is -0.376 e. The van der Waals surface area contributed by atoms with Crippen LogP contribution in [0.3, 0.4) is 0 Å². The van der Waals surface area contributed by atoms with E-state index in [4.69, 9.17) is 4.74 Å². The van der Waals surface area contributed by atoms with Crippen molar-refractivity contribution in [3.63, 3.8) is 0 Å². The molecule has 1 aliphatic heterocycles. The molecule has 1 aliphatic rings. The first kappa shape index (κ1) is 19.1. The maximum Gasteiger partial charge on any atom is 0.261 e. The summed E-state index contributed by atoms with van der Waals surface area (Å²) in [4.78, 5) is 13.0. The Balaban J connectivity index is 1.61. The van der Waals surface area contributed by atoms with E-state index in [1.807, 2.05) is 17.5 Å². The number of ether oxygens (including phenoxy) is 1. The van der Waals surface area contributed by atoms with E-state index in [1.165, 1.54) is 16.9 Å². The molecule has 0 radical (unpaired) electrons. The van der Waals surface area contributed by atoms with Gasteiger partial charge in [0.2, 0.25) is 0 Å². The predicted octanol–water partition coefficient (Wildman–Crippen LogP) is 4.93. The van der Waals surface area contributed by atoms with Gasteiger partial charge in [0.15, 0.2) is 0 Å². The Kier molecular flexibility index (Phi) is 6.49. The zero-order valence-corrected chi connectivity index (χ0v) is 16.6. The molecule has 140 valence electrons. The van der Waals surface area contributed by atoms with Crippen LogP contribution in [0.4, 0.5) is 0 Å². The smallest absolute Gasteiger partial charge is 0.261 e. The average Bonchev–Trinajstić information content (AvgIpc) is 3.15. The van der Waals surface area contributed by atoms with Gasteiger partial charge >= 0.3 is 0 Å². The van der Waals surface area contributed by atoms with E-state index in [-0.39, 0.29) is 11.5 Å². The molecule has 0 spiro atoms. The van der Waals surface area contributed by atoms with Crippen molar-refractivity contribution in [2.75, 3.05) is 13.2 Å². The quantitative estimate of drug-likeness (QED) is 0.749. The number of benzene rings is 1. The lowest BCUT2D eigenvalue weighted by molar-refractivity contribution is -0.0830. The highest BCUT2D eigenvalue weighted by atomic mass is 32.1. The summed E-state index contributed by atoms with van der Waals surface area (Å²) in [6, 6.07) is 14.5. The van der Waals surface area contributed by atoms with Gasteiger partial charge in [-0.2, -0.15) is 0 Å². The molecule has 0 aliphatic carbocycles. The van der Waals surface area contributed by atoms with Crippen molar-refractivity contribution < 1.29 is 9.53 Å². The van der Waals surface area contributed by atoms with E-state index < -0.39 is 0 Å². The number of nitrogens with one attached hydrogen (secondary N) is 1. The lowest BCUT2D eigenvalue weighted by Crippen LogP contribution is -2.38.